The molecule has 2 aromatic rings. The number of para-hydroxylation sites is 1. The Morgan fingerprint density at radius 2 is 1.73 bits per heavy atom. The predicted molar refractivity (Wildman–Crippen MR) is 103 cm³/mol. The standard InChI is InChI=1S/C20H24N2O3S/c1-15-10-12-17(13-11-15)26(24,25)22-14-6-5-9-19(22)20(23)21-18-8-4-3-7-16(18)2/h3-4,7-8,10-13,19H,5-6,9,14H2,1-2H3,(H,21,23)/t19-/m0/s1. The van der Waals surface area contributed by atoms with E-state index < -0.39 is 16.1 Å². The molecule has 2 aromatic carbocycles. The number of aryl methyl sites for hydroxylation is 2. The van der Waals surface area contributed by atoms with Crippen LogP contribution < -0.4 is 5.32 Å². The monoisotopic (exact) mass is 372 g/mol. The van der Waals surface area contributed by atoms with Gasteiger partial charge in [-0.2, -0.15) is 4.31 Å². The van der Waals surface area contributed by atoms with Crippen molar-refractivity contribution in [2.45, 2.75) is 44.0 Å². The van der Waals surface area contributed by atoms with E-state index in [-0.39, 0.29) is 10.8 Å². The molecule has 1 fully saturated rings. The number of anilines is 1. The van der Waals surface area contributed by atoms with Crippen LogP contribution in [0.15, 0.2) is 53.4 Å². The SMILES string of the molecule is Cc1ccc(S(=O)(=O)N2CCCC[C@H]2C(=O)Nc2ccccc2C)cc1. The zero-order valence-corrected chi connectivity index (χ0v) is 15.9. The molecule has 0 saturated carbocycles. The van der Waals surface area contributed by atoms with Gasteiger partial charge in [-0.15, -0.1) is 0 Å². The van der Waals surface area contributed by atoms with Crippen molar-refractivity contribution in [2.24, 2.45) is 0 Å². The number of hydrogen-bond acceptors (Lipinski definition) is 3. The Bertz CT molecular complexity index is 892. The first kappa shape index (κ1) is 18.6. The number of carbonyl (C=O) groups is 1. The number of sulfonamides is 1. The van der Waals surface area contributed by atoms with Crippen molar-refractivity contribution in [2.75, 3.05) is 11.9 Å². The zero-order chi connectivity index (χ0) is 18.7. The van der Waals surface area contributed by atoms with Gasteiger partial charge in [-0.05, 0) is 50.5 Å². The molecule has 1 aliphatic heterocycles. The Hall–Kier alpha value is -2.18. The number of carbonyl (C=O) groups excluding carboxylic acids is 1. The van der Waals surface area contributed by atoms with E-state index in [9.17, 15) is 13.2 Å². The number of rotatable bonds is 4. The highest BCUT2D eigenvalue weighted by Gasteiger charge is 2.37. The zero-order valence-electron chi connectivity index (χ0n) is 15.1. The number of hydrogen-bond donors (Lipinski definition) is 1. The largest absolute Gasteiger partial charge is 0.324 e. The van der Waals surface area contributed by atoms with Crippen LogP contribution in [0.1, 0.15) is 30.4 Å². The highest BCUT2D eigenvalue weighted by Crippen LogP contribution is 2.27. The maximum absolute atomic E-state index is 13.1. The quantitative estimate of drug-likeness (QED) is 0.893. The number of nitrogens with one attached hydrogen (secondary N) is 1. The molecule has 3 rings (SSSR count). The van der Waals surface area contributed by atoms with Crippen molar-refractivity contribution < 1.29 is 13.2 Å². The molecule has 1 atom stereocenters. The molecule has 0 spiro atoms. The predicted octanol–water partition coefficient (Wildman–Crippen LogP) is 3.49. The number of amides is 1. The minimum atomic E-state index is -3.70. The van der Waals surface area contributed by atoms with Crippen molar-refractivity contribution in [3.05, 3.63) is 59.7 Å². The molecule has 5 nitrogen and oxygen atoms in total. The normalized spacial score (nSPS) is 18.5. The van der Waals surface area contributed by atoms with Gasteiger partial charge >= 0.3 is 0 Å². The highest BCUT2D eigenvalue weighted by atomic mass is 32.2. The van der Waals surface area contributed by atoms with Crippen molar-refractivity contribution in [1.29, 1.82) is 0 Å². The first-order chi connectivity index (χ1) is 12.4. The second-order valence-electron chi connectivity index (χ2n) is 6.74. The second kappa shape index (κ2) is 7.60. The van der Waals surface area contributed by atoms with Crippen molar-refractivity contribution in [3.8, 4) is 0 Å². The molecule has 1 amide bonds. The van der Waals surface area contributed by atoms with Crippen LogP contribution in [0.4, 0.5) is 5.69 Å². The average Bonchev–Trinajstić information content (AvgIpc) is 2.64. The van der Waals surface area contributed by atoms with Crippen LogP contribution in [0.5, 0.6) is 0 Å². The fraction of sp³-hybridized carbons (Fsp3) is 0.350. The van der Waals surface area contributed by atoms with Gasteiger partial charge in [0.25, 0.3) is 0 Å². The molecule has 26 heavy (non-hydrogen) atoms. The minimum Gasteiger partial charge on any atom is -0.324 e. The summed E-state index contributed by atoms with van der Waals surface area (Å²) in [6.07, 6.45) is 2.13. The molecule has 0 bridgehead atoms. The summed E-state index contributed by atoms with van der Waals surface area (Å²) in [7, 11) is -3.70. The van der Waals surface area contributed by atoms with Crippen LogP contribution in [-0.4, -0.2) is 31.2 Å². The van der Waals surface area contributed by atoms with Gasteiger partial charge in [-0.3, -0.25) is 4.79 Å². The molecule has 1 N–H and O–H groups in total. The summed E-state index contributed by atoms with van der Waals surface area (Å²) in [5.74, 6) is -0.269. The van der Waals surface area contributed by atoms with Crippen LogP contribution in [-0.2, 0) is 14.8 Å². The fourth-order valence-electron chi connectivity index (χ4n) is 3.23. The molecule has 0 unspecified atom stereocenters. The Morgan fingerprint density at radius 3 is 2.42 bits per heavy atom. The summed E-state index contributed by atoms with van der Waals surface area (Å²) in [6, 6.07) is 13.6. The molecule has 1 saturated heterocycles. The smallest absolute Gasteiger partial charge is 0.243 e. The molecular formula is C20H24N2O3S. The van der Waals surface area contributed by atoms with E-state index in [1.54, 1.807) is 24.3 Å². The van der Waals surface area contributed by atoms with Crippen LogP contribution in [0, 0.1) is 13.8 Å². The molecule has 1 aliphatic rings. The maximum Gasteiger partial charge on any atom is 0.243 e. The number of piperidine rings is 1. The van der Waals surface area contributed by atoms with E-state index >= 15 is 0 Å². The van der Waals surface area contributed by atoms with Crippen molar-refractivity contribution in [1.82, 2.24) is 4.31 Å². The van der Waals surface area contributed by atoms with Gasteiger partial charge in [0, 0.05) is 12.2 Å². The lowest BCUT2D eigenvalue weighted by Gasteiger charge is -2.33. The van der Waals surface area contributed by atoms with E-state index in [1.165, 1.54) is 4.31 Å². The van der Waals surface area contributed by atoms with Crippen LogP contribution in [0.3, 0.4) is 0 Å². The van der Waals surface area contributed by atoms with Gasteiger partial charge in [-0.25, -0.2) is 8.42 Å². The molecule has 138 valence electrons. The third kappa shape index (κ3) is 3.81. The topological polar surface area (TPSA) is 66.5 Å². The second-order valence-corrected chi connectivity index (χ2v) is 8.64. The summed E-state index contributed by atoms with van der Waals surface area (Å²) < 4.78 is 27.5. The summed E-state index contributed by atoms with van der Waals surface area (Å²) >= 11 is 0. The van der Waals surface area contributed by atoms with Gasteiger partial charge in [-0.1, -0.05) is 42.3 Å². The Balaban J connectivity index is 1.86. The fourth-order valence-corrected chi connectivity index (χ4v) is 4.89. The lowest BCUT2D eigenvalue weighted by atomic mass is 10.0. The molecule has 0 aliphatic carbocycles. The lowest BCUT2D eigenvalue weighted by molar-refractivity contribution is -0.120. The van der Waals surface area contributed by atoms with E-state index in [2.05, 4.69) is 5.32 Å². The van der Waals surface area contributed by atoms with Gasteiger partial charge in [0.05, 0.1) is 4.90 Å². The first-order valence-corrected chi connectivity index (χ1v) is 10.3. The number of benzene rings is 2. The number of nitrogens with zero attached hydrogens (tertiary/aromatic N) is 1. The van der Waals surface area contributed by atoms with Crippen molar-refractivity contribution >= 4 is 21.6 Å². The summed E-state index contributed by atoms with van der Waals surface area (Å²) in [4.78, 5) is 13.1. The van der Waals surface area contributed by atoms with Crippen LogP contribution in [0.25, 0.3) is 0 Å². The van der Waals surface area contributed by atoms with E-state index in [4.69, 9.17) is 0 Å². The van der Waals surface area contributed by atoms with Gasteiger partial charge in [0.1, 0.15) is 6.04 Å². The highest BCUT2D eigenvalue weighted by molar-refractivity contribution is 7.89. The molecule has 0 radical (unpaired) electrons. The van der Waals surface area contributed by atoms with E-state index in [0.717, 1.165) is 29.7 Å². The summed E-state index contributed by atoms with van der Waals surface area (Å²) in [5, 5.41) is 2.90. The Labute approximate surface area is 155 Å². The molecule has 1 heterocycles. The molecule has 6 heteroatoms. The minimum absolute atomic E-state index is 0.235. The van der Waals surface area contributed by atoms with Gasteiger partial charge in [0.15, 0.2) is 0 Å². The van der Waals surface area contributed by atoms with Crippen LogP contribution >= 0.6 is 0 Å². The van der Waals surface area contributed by atoms with Crippen molar-refractivity contribution in [3.63, 3.8) is 0 Å². The third-order valence-corrected chi connectivity index (χ3v) is 6.71. The Morgan fingerprint density at radius 1 is 1.04 bits per heavy atom. The van der Waals surface area contributed by atoms with E-state index in [1.807, 2.05) is 38.1 Å². The molecular weight excluding hydrogens is 348 g/mol. The lowest BCUT2D eigenvalue weighted by Crippen LogP contribution is -2.49. The van der Waals surface area contributed by atoms with Gasteiger partial charge in [0.2, 0.25) is 15.9 Å². The third-order valence-electron chi connectivity index (χ3n) is 4.79. The molecule has 0 aromatic heterocycles. The Kier molecular flexibility index (Phi) is 5.44. The van der Waals surface area contributed by atoms with Crippen LogP contribution in [0.2, 0.25) is 0 Å². The maximum atomic E-state index is 13.1. The average molecular weight is 372 g/mol. The first-order valence-electron chi connectivity index (χ1n) is 8.84. The summed E-state index contributed by atoms with van der Waals surface area (Å²) in [5.41, 5.74) is 2.66. The van der Waals surface area contributed by atoms with Gasteiger partial charge < -0.3 is 5.32 Å². The summed E-state index contributed by atoms with van der Waals surface area (Å²) in [6.45, 7) is 4.19. The van der Waals surface area contributed by atoms with E-state index in [0.29, 0.717) is 13.0 Å².